The molecule has 0 aliphatic carbocycles. The Morgan fingerprint density at radius 1 is 1.47 bits per heavy atom. The van der Waals surface area contributed by atoms with Gasteiger partial charge in [0.15, 0.2) is 0 Å². The maximum absolute atomic E-state index is 13.1. The number of carbonyl (C=O) groups excluding carboxylic acids is 1. The predicted molar refractivity (Wildman–Crippen MR) is 76.3 cm³/mol. The Balaban J connectivity index is 2.61. The molecule has 1 atom stereocenters. The third kappa shape index (κ3) is 5.28. The number of rotatable bonds is 6. The van der Waals surface area contributed by atoms with Crippen molar-refractivity contribution in [2.75, 3.05) is 6.61 Å². The summed E-state index contributed by atoms with van der Waals surface area (Å²) in [5.74, 6) is -0.203. The van der Waals surface area contributed by atoms with Crippen LogP contribution in [0.5, 0.6) is 0 Å². The number of nitrogens with one attached hydrogen (secondary N) is 1. The van der Waals surface area contributed by atoms with E-state index >= 15 is 0 Å². The van der Waals surface area contributed by atoms with Crippen molar-refractivity contribution in [3.05, 3.63) is 34.1 Å². The van der Waals surface area contributed by atoms with Crippen LogP contribution in [-0.4, -0.2) is 23.7 Å². The summed E-state index contributed by atoms with van der Waals surface area (Å²) in [6.45, 7) is 4.04. The fraction of sp³-hybridized carbons (Fsp3) is 0.500. The normalized spacial score (nSPS) is 12.5. The van der Waals surface area contributed by atoms with Gasteiger partial charge in [-0.2, -0.15) is 0 Å². The van der Waals surface area contributed by atoms with Gasteiger partial charge in [-0.3, -0.25) is 4.79 Å². The topological polar surface area (TPSA) is 49.3 Å². The summed E-state index contributed by atoms with van der Waals surface area (Å²) in [6.07, 6.45) is 0.740. The maximum Gasteiger partial charge on any atom is 0.224 e. The molecule has 0 aliphatic rings. The Morgan fingerprint density at radius 3 is 2.68 bits per heavy atom. The smallest absolute Gasteiger partial charge is 0.224 e. The molecule has 1 unspecified atom stereocenters. The highest BCUT2D eigenvalue weighted by Crippen LogP contribution is 2.17. The molecular weight excluding hydrogens is 313 g/mol. The van der Waals surface area contributed by atoms with Crippen LogP contribution in [0.15, 0.2) is 22.7 Å². The molecule has 0 spiro atoms. The third-order valence-electron chi connectivity index (χ3n) is 2.94. The summed E-state index contributed by atoms with van der Waals surface area (Å²) >= 11 is 3.10. The van der Waals surface area contributed by atoms with Crippen molar-refractivity contribution >= 4 is 21.8 Å². The van der Waals surface area contributed by atoms with Crippen LogP contribution in [0.1, 0.15) is 25.8 Å². The molecule has 2 N–H and O–H groups in total. The number of benzene rings is 1. The van der Waals surface area contributed by atoms with Gasteiger partial charge < -0.3 is 10.4 Å². The molecule has 106 valence electrons. The summed E-state index contributed by atoms with van der Waals surface area (Å²) in [5, 5.41) is 11.8. The number of aliphatic hydroxyl groups excluding tert-OH is 1. The highest BCUT2D eigenvalue weighted by atomic mass is 79.9. The molecule has 1 rings (SSSR count). The predicted octanol–water partition coefficient (Wildman–Crippen LogP) is 2.65. The Hall–Kier alpha value is -0.940. The van der Waals surface area contributed by atoms with E-state index in [1.807, 2.05) is 13.8 Å². The minimum absolute atomic E-state index is 0.0404. The van der Waals surface area contributed by atoms with Gasteiger partial charge in [0.25, 0.3) is 0 Å². The SMILES string of the molecule is CC(C)C(CCO)NC(=O)Cc1ccc(F)c(Br)c1. The Bertz CT molecular complexity index is 437. The lowest BCUT2D eigenvalue weighted by Crippen LogP contribution is -2.40. The van der Waals surface area contributed by atoms with Crippen molar-refractivity contribution < 1.29 is 14.3 Å². The van der Waals surface area contributed by atoms with E-state index in [0.29, 0.717) is 10.9 Å². The number of hydrogen-bond donors (Lipinski definition) is 2. The van der Waals surface area contributed by atoms with Crippen molar-refractivity contribution in [1.82, 2.24) is 5.32 Å². The molecule has 0 radical (unpaired) electrons. The number of amides is 1. The van der Waals surface area contributed by atoms with E-state index in [-0.39, 0.29) is 36.7 Å². The van der Waals surface area contributed by atoms with Gasteiger partial charge in [0, 0.05) is 12.6 Å². The standard InChI is InChI=1S/C14H19BrFNO2/c1-9(2)13(5-6-18)17-14(19)8-10-3-4-12(16)11(15)7-10/h3-4,7,9,13,18H,5-6,8H2,1-2H3,(H,17,19). The number of carbonyl (C=O) groups is 1. The number of aliphatic hydroxyl groups is 1. The van der Waals surface area contributed by atoms with Crippen molar-refractivity contribution in [3.63, 3.8) is 0 Å². The monoisotopic (exact) mass is 331 g/mol. The maximum atomic E-state index is 13.1. The molecule has 0 aromatic heterocycles. The van der Waals surface area contributed by atoms with E-state index in [0.717, 1.165) is 5.56 Å². The van der Waals surface area contributed by atoms with Gasteiger partial charge in [-0.25, -0.2) is 4.39 Å². The first-order chi connectivity index (χ1) is 8.93. The highest BCUT2D eigenvalue weighted by molar-refractivity contribution is 9.10. The Labute approximate surface area is 121 Å². The first-order valence-electron chi connectivity index (χ1n) is 6.28. The molecule has 0 fully saturated rings. The fourth-order valence-electron chi connectivity index (χ4n) is 1.80. The van der Waals surface area contributed by atoms with Gasteiger partial charge in [0.2, 0.25) is 5.91 Å². The molecule has 0 saturated heterocycles. The van der Waals surface area contributed by atoms with Crippen LogP contribution in [0.2, 0.25) is 0 Å². The van der Waals surface area contributed by atoms with E-state index in [1.54, 1.807) is 12.1 Å². The summed E-state index contributed by atoms with van der Waals surface area (Å²) in [5.41, 5.74) is 0.747. The van der Waals surface area contributed by atoms with Gasteiger partial charge in [0.1, 0.15) is 5.82 Å². The minimum atomic E-state index is -0.343. The molecule has 5 heteroatoms. The van der Waals surface area contributed by atoms with Gasteiger partial charge in [-0.15, -0.1) is 0 Å². The summed E-state index contributed by atoms with van der Waals surface area (Å²) < 4.78 is 13.4. The zero-order valence-electron chi connectivity index (χ0n) is 11.1. The Morgan fingerprint density at radius 2 is 2.16 bits per heavy atom. The summed E-state index contributed by atoms with van der Waals surface area (Å²) in [7, 11) is 0. The molecule has 3 nitrogen and oxygen atoms in total. The molecular formula is C14H19BrFNO2. The van der Waals surface area contributed by atoms with Crippen molar-refractivity contribution in [1.29, 1.82) is 0 Å². The van der Waals surface area contributed by atoms with E-state index in [1.165, 1.54) is 6.07 Å². The second-order valence-electron chi connectivity index (χ2n) is 4.86. The number of hydrogen-bond acceptors (Lipinski definition) is 2. The average Bonchev–Trinajstić information content (AvgIpc) is 2.33. The average molecular weight is 332 g/mol. The van der Waals surface area contributed by atoms with E-state index in [9.17, 15) is 9.18 Å². The molecule has 0 heterocycles. The molecule has 1 aromatic rings. The molecule has 0 saturated carbocycles. The zero-order chi connectivity index (χ0) is 14.4. The van der Waals surface area contributed by atoms with Gasteiger partial charge in [-0.1, -0.05) is 19.9 Å². The van der Waals surface area contributed by atoms with Crippen LogP contribution in [0, 0.1) is 11.7 Å². The van der Waals surface area contributed by atoms with Gasteiger partial charge in [-0.05, 0) is 46.0 Å². The first kappa shape index (κ1) is 16.1. The van der Waals surface area contributed by atoms with Crippen molar-refractivity contribution in [2.45, 2.75) is 32.7 Å². The lowest BCUT2D eigenvalue weighted by Gasteiger charge is -2.21. The lowest BCUT2D eigenvalue weighted by atomic mass is 10.0. The summed E-state index contributed by atoms with van der Waals surface area (Å²) in [6, 6.07) is 4.49. The first-order valence-corrected chi connectivity index (χ1v) is 7.07. The largest absolute Gasteiger partial charge is 0.396 e. The Kier molecular flexibility index (Phi) is 6.45. The second kappa shape index (κ2) is 7.60. The zero-order valence-corrected chi connectivity index (χ0v) is 12.7. The van der Waals surface area contributed by atoms with E-state index in [4.69, 9.17) is 5.11 Å². The van der Waals surface area contributed by atoms with Crippen LogP contribution in [0.25, 0.3) is 0 Å². The van der Waals surface area contributed by atoms with Crippen molar-refractivity contribution in [3.8, 4) is 0 Å². The molecule has 0 aliphatic heterocycles. The quantitative estimate of drug-likeness (QED) is 0.841. The van der Waals surface area contributed by atoms with Crippen molar-refractivity contribution in [2.24, 2.45) is 5.92 Å². The van der Waals surface area contributed by atoms with Gasteiger partial charge >= 0.3 is 0 Å². The van der Waals surface area contributed by atoms with Crippen LogP contribution in [-0.2, 0) is 11.2 Å². The highest BCUT2D eigenvalue weighted by Gasteiger charge is 2.16. The van der Waals surface area contributed by atoms with E-state index < -0.39 is 0 Å². The second-order valence-corrected chi connectivity index (χ2v) is 5.71. The fourth-order valence-corrected chi connectivity index (χ4v) is 2.23. The molecule has 1 aromatic carbocycles. The molecule has 1 amide bonds. The minimum Gasteiger partial charge on any atom is -0.396 e. The van der Waals surface area contributed by atoms with Gasteiger partial charge in [0.05, 0.1) is 10.9 Å². The lowest BCUT2D eigenvalue weighted by molar-refractivity contribution is -0.121. The van der Waals surface area contributed by atoms with Crippen LogP contribution >= 0.6 is 15.9 Å². The van der Waals surface area contributed by atoms with Crippen LogP contribution in [0.4, 0.5) is 4.39 Å². The van der Waals surface area contributed by atoms with Crippen LogP contribution in [0.3, 0.4) is 0 Å². The summed E-state index contributed by atoms with van der Waals surface area (Å²) in [4.78, 5) is 11.9. The van der Waals surface area contributed by atoms with Crippen LogP contribution < -0.4 is 5.32 Å². The molecule has 19 heavy (non-hydrogen) atoms. The van der Waals surface area contributed by atoms with E-state index in [2.05, 4.69) is 21.2 Å². The molecule has 0 bridgehead atoms. The third-order valence-corrected chi connectivity index (χ3v) is 3.55. The number of halogens is 2.